The molecule has 0 bridgehead atoms. The molecule has 5 heteroatoms. The molecule has 0 fully saturated rings. The number of carbonyl (C=O) groups is 1. The molecule has 2 aromatic rings. The lowest BCUT2D eigenvalue weighted by Crippen LogP contribution is -2.02. The molecule has 0 aliphatic rings. The highest BCUT2D eigenvalue weighted by Gasteiger charge is 2.05. The fraction of sp³-hybridized carbons (Fsp3) is 0.133. The summed E-state index contributed by atoms with van der Waals surface area (Å²) in [5.74, 6) is 0.332. The van der Waals surface area contributed by atoms with Crippen molar-refractivity contribution in [2.45, 2.75) is 6.61 Å². The minimum atomic E-state index is -0.351. The van der Waals surface area contributed by atoms with E-state index < -0.39 is 0 Å². The van der Waals surface area contributed by atoms with E-state index in [9.17, 15) is 4.79 Å². The quantitative estimate of drug-likeness (QED) is 0.687. The van der Waals surface area contributed by atoms with Crippen LogP contribution < -0.4 is 10.5 Å². The van der Waals surface area contributed by atoms with E-state index in [4.69, 9.17) is 10.5 Å². The van der Waals surface area contributed by atoms with Crippen LogP contribution in [0, 0.1) is 0 Å². The predicted molar refractivity (Wildman–Crippen MR) is 80.7 cm³/mol. The lowest BCUT2D eigenvalue weighted by atomic mass is 10.1. The van der Waals surface area contributed by atoms with Crippen LogP contribution >= 0.6 is 15.9 Å². The molecule has 0 amide bonds. The first kappa shape index (κ1) is 14.4. The molecule has 0 unspecified atom stereocenters. The second-order valence-electron chi connectivity index (χ2n) is 4.17. The van der Waals surface area contributed by atoms with Crippen LogP contribution in [0.1, 0.15) is 15.9 Å². The second-order valence-corrected chi connectivity index (χ2v) is 5.02. The zero-order valence-corrected chi connectivity index (χ0v) is 12.5. The van der Waals surface area contributed by atoms with Gasteiger partial charge in [0.1, 0.15) is 12.4 Å². The summed E-state index contributed by atoms with van der Waals surface area (Å²) < 4.78 is 11.2. The minimum Gasteiger partial charge on any atom is -0.488 e. The normalized spacial score (nSPS) is 10.1. The molecule has 0 spiro atoms. The molecule has 104 valence electrons. The van der Waals surface area contributed by atoms with Crippen molar-refractivity contribution in [3.63, 3.8) is 0 Å². The first-order chi connectivity index (χ1) is 9.60. The molecule has 4 nitrogen and oxygen atoms in total. The average molecular weight is 336 g/mol. The van der Waals surface area contributed by atoms with E-state index in [1.54, 1.807) is 24.3 Å². The fourth-order valence-electron chi connectivity index (χ4n) is 1.65. The van der Waals surface area contributed by atoms with Gasteiger partial charge in [-0.1, -0.05) is 12.1 Å². The minimum absolute atomic E-state index is 0.351. The molecule has 0 radical (unpaired) electrons. The van der Waals surface area contributed by atoms with Gasteiger partial charge in [-0.05, 0) is 45.8 Å². The summed E-state index contributed by atoms with van der Waals surface area (Å²) in [7, 11) is 1.36. The number of nitrogens with two attached hydrogens (primary N) is 1. The summed E-state index contributed by atoms with van der Waals surface area (Å²) in [5.41, 5.74) is 7.82. The molecule has 20 heavy (non-hydrogen) atoms. The van der Waals surface area contributed by atoms with Gasteiger partial charge < -0.3 is 15.2 Å². The van der Waals surface area contributed by atoms with Gasteiger partial charge in [-0.15, -0.1) is 0 Å². The molecular formula is C15H14BrNO3. The van der Waals surface area contributed by atoms with Crippen molar-refractivity contribution in [3.8, 4) is 5.75 Å². The highest BCUT2D eigenvalue weighted by Crippen LogP contribution is 2.27. The third kappa shape index (κ3) is 3.51. The SMILES string of the molecule is COC(=O)c1ccc(COc2cc(N)ccc2Br)cc1. The smallest absolute Gasteiger partial charge is 0.337 e. The topological polar surface area (TPSA) is 61.5 Å². The molecule has 0 aliphatic carbocycles. The Morgan fingerprint density at radius 1 is 1.20 bits per heavy atom. The number of nitrogen functional groups attached to an aromatic ring is 1. The molecule has 0 heterocycles. The lowest BCUT2D eigenvalue weighted by Gasteiger charge is -2.09. The molecule has 0 atom stereocenters. The first-order valence-corrected chi connectivity index (χ1v) is 6.74. The van der Waals surface area contributed by atoms with Crippen LogP contribution in [0.5, 0.6) is 5.75 Å². The van der Waals surface area contributed by atoms with Crippen molar-refractivity contribution < 1.29 is 14.3 Å². The molecular weight excluding hydrogens is 322 g/mol. The Labute approximate surface area is 125 Å². The third-order valence-corrected chi connectivity index (χ3v) is 3.38. The number of anilines is 1. The Balaban J connectivity index is 2.04. The number of rotatable bonds is 4. The van der Waals surface area contributed by atoms with Crippen LogP contribution in [0.3, 0.4) is 0 Å². The molecule has 0 saturated carbocycles. The number of carbonyl (C=O) groups excluding carboxylic acids is 1. The maximum Gasteiger partial charge on any atom is 0.337 e. The first-order valence-electron chi connectivity index (χ1n) is 5.95. The highest BCUT2D eigenvalue weighted by atomic mass is 79.9. The van der Waals surface area contributed by atoms with E-state index in [-0.39, 0.29) is 5.97 Å². The van der Waals surface area contributed by atoms with Crippen molar-refractivity contribution in [3.05, 3.63) is 58.1 Å². The van der Waals surface area contributed by atoms with Crippen molar-refractivity contribution in [1.29, 1.82) is 0 Å². The average Bonchev–Trinajstić information content (AvgIpc) is 2.48. The Bertz CT molecular complexity index is 611. The van der Waals surface area contributed by atoms with Gasteiger partial charge in [0.2, 0.25) is 0 Å². The van der Waals surface area contributed by atoms with Crippen LogP contribution in [0.2, 0.25) is 0 Å². The third-order valence-electron chi connectivity index (χ3n) is 2.72. The van der Waals surface area contributed by atoms with Crippen LogP contribution in [0.15, 0.2) is 46.9 Å². The number of methoxy groups -OCH3 is 1. The van der Waals surface area contributed by atoms with Gasteiger partial charge in [-0.25, -0.2) is 4.79 Å². The summed E-state index contributed by atoms with van der Waals surface area (Å²) in [4.78, 5) is 11.3. The maximum atomic E-state index is 11.3. The van der Waals surface area contributed by atoms with Gasteiger partial charge in [-0.2, -0.15) is 0 Å². The van der Waals surface area contributed by atoms with Gasteiger partial charge in [-0.3, -0.25) is 0 Å². The molecule has 0 saturated heterocycles. The van der Waals surface area contributed by atoms with Crippen LogP contribution in [-0.2, 0) is 11.3 Å². The lowest BCUT2D eigenvalue weighted by molar-refractivity contribution is 0.0600. The van der Waals surface area contributed by atoms with Crippen molar-refractivity contribution in [2.75, 3.05) is 12.8 Å². The number of halogens is 1. The highest BCUT2D eigenvalue weighted by molar-refractivity contribution is 9.10. The van der Waals surface area contributed by atoms with Gasteiger partial charge in [0.25, 0.3) is 0 Å². The Morgan fingerprint density at radius 3 is 2.55 bits per heavy atom. The van der Waals surface area contributed by atoms with E-state index in [0.29, 0.717) is 23.6 Å². The summed E-state index contributed by atoms with van der Waals surface area (Å²) in [5, 5.41) is 0. The maximum absolute atomic E-state index is 11.3. The molecule has 2 aromatic carbocycles. The number of hydrogen-bond acceptors (Lipinski definition) is 4. The van der Waals surface area contributed by atoms with E-state index >= 15 is 0 Å². The van der Waals surface area contributed by atoms with Gasteiger partial charge >= 0.3 is 5.97 Å². The molecule has 0 aliphatic heterocycles. The monoisotopic (exact) mass is 335 g/mol. The molecule has 2 rings (SSSR count). The number of hydrogen-bond donors (Lipinski definition) is 1. The summed E-state index contributed by atoms with van der Waals surface area (Å²) in [6.45, 7) is 0.392. The van der Waals surface area contributed by atoms with Crippen LogP contribution in [0.25, 0.3) is 0 Å². The second kappa shape index (κ2) is 6.43. The van der Waals surface area contributed by atoms with Gasteiger partial charge in [0, 0.05) is 11.8 Å². The van der Waals surface area contributed by atoms with Crippen LogP contribution in [-0.4, -0.2) is 13.1 Å². The van der Waals surface area contributed by atoms with Gasteiger partial charge in [0.05, 0.1) is 17.1 Å². The Morgan fingerprint density at radius 2 is 1.90 bits per heavy atom. The molecule has 2 N–H and O–H groups in total. The van der Waals surface area contributed by atoms with Crippen molar-refractivity contribution in [2.24, 2.45) is 0 Å². The number of esters is 1. The van der Waals surface area contributed by atoms with Gasteiger partial charge in [0.15, 0.2) is 0 Å². The van der Waals surface area contributed by atoms with Crippen molar-refractivity contribution >= 4 is 27.6 Å². The Kier molecular flexibility index (Phi) is 4.63. The molecule has 0 aromatic heterocycles. The standard InChI is InChI=1S/C15H14BrNO3/c1-19-15(18)11-4-2-10(3-5-11)9-20-14-8-12(17)6-7-13(14)16/h2-8H,9,17H2,1H3. The Hall–Kier alpha value is -2.01. The zero-order valence-electron chi connectivity index (χ0n) is 10.9. The van der Waals surface area contributed by atoms with E-state index in [0.717, 1.165) is 10.0 Å². The fourth-order valence-corrected chi connectivity index (χ4v) is 2.01. The van der Waals surface area contributed by atoms with E-state index in [1.807, 2.05) is 18.2 Å². The number of benzene rings is 2. The largest absolute Gasteiger partial charge is 0.488 e. The van der Waals surface area contributed by atoms with Crippen LogP contribution in [0.4, 0.5) is 5.69 Å². The zero-order chi connectivity index (χ0) is 14.5. The predicted octanol–water partition coefficient (Wildman–Crippen LogP) is 3.40. The van der Waals surface area contributed by atoms with Crippen molar-refractivity contribution in [1.82, 2.24) is 0 Å². The summed E-state index contributed by atoms with van der Waals surface area (Å²) >= 11 is 3.40. The summed E-state index contributed by atoms with van der Waals surface area (Å²) in [6, 6.07) is 12.5. The van der Waals surface area contributed by atoms with E-state index in [2.05, 4.69) is 20.7 Å². The van der Waals surface area contributed by atoms with E-state index in [1.165, 1.54) is 7.11 Å². The summed E-state index contributed by atoms with van der Waals surface area (Å²) in [6.07, 6.45) is 0. The number of ether oxygens (including phenoxy) is 2.